The topological polar surface area (TPSA) is 47.6 Å². The lowest BCUT2D eigenvalue weighted by molar-refractivity contribution is 0.0287. The van der Waals surface area contributed by atoms with E-state index in [0.717, 1.165) is 32.4 Å². The summed E-state index contributed by atoms with van der Waals surface area (Å²) in [5.74, 6) is 0. The van der Waals surface area contributed by atoms with Crippen LogP contribution in [0.2, 0.25) is 0 Å². The first kappa shape index (κ1) is 22.3. The van der Waals surface area contributed by atoms with Crippen molar-refractivity contribution in [1.29, 1.82) is 0 Å². The van der Waals surface area contributed by atoms with Crippen LogP contribution in [0, 0.1) is 0 Å². The molecule has 0 aromatic rings. The molecule has 4 nitrogen and oxygen atoms in total. The number of hydrogen-bond donors (Lipinski definition) is 1. The lowest BCUT2D eigenvalue weighted by Crippen LogP contribution is -2.21. The fourth-order valence-corrected chi connectivity index (χ4v) is 3.35. The van der Waals surface area contributed by atoms with Crippen molar-refractivity contribution in [2.24, 2.45) is 0 Å². The molecule has 0 aliphatic carbocycles. The SMILES string of the molecule is CCCCCCCCCCCCCCCCOC(=O)OC1CCNC1. The molecule has 1 unspecified atom stereocenters. The summed E-state index contributed by atoms with van der Waals surface area (Å²) < 4.78 is 10.3. The number of nitrogens with one attached hydrogen (secondary N) is 1. The van der Waals surface area contributed by atoms with E-state index in [4.69, 9.17) is 9.47 Å². The summed E-state index contributed by atoms with van der Waals surface area (Å²) in [6, 6.07) is 0. The molecule has 0 bridgehead atoms. The number of rotatable bonds is 16. The van der Waals surface area contributed by atoms with E-state index in [9.17, 15) is 4.79 Å². The van der Waals surface area contributed by atoms with Gasteiger partial charge in [-0.25, -0.2) is 4.79 Å². The maximum Gasteiger partial charge on any atom is 0.508 e. The van der Waals surface area contributed by atoms with E-state index in [1.54, 1.807) is 0 Å². The highest BCUT2D eigenvalue weighted by Crippen LogP contribution is 2.13. The molecule has 0 radical (unpaired) electrons. The third-order valence-electron chi connectivity index (χ3n) is 5.00. The zero-order valence-corrected chi connectivity index (χ0v) is 16.5. The molecule has 4 heteroatoms. The molecule has 0 aromatic carbocycles. The molecule has 0 saturated carbocycles. The van der Waals surface area contributed by atoms with Crippen molar-refractivity contribution in [3.63, 3.8) is 0 Å². The molecule has 1 aliphatic heterocycles. The lowest BCUT2D eigenvalue weighted by atomic mass is 10.0. The second-order valence-electron chi connectivity index (χ2n) is 7.43. The molecular formula is C21H41NO3. The monoisotopic (exact) mass is 355 g/mol. The van der Waals surface area contributed by atoms with Gasteiger partial charge in [0.25, 0.3) is 0 Å². The Morgan fingerprint density at radius 3 is 1.84 bits per heavy atom. The Morgan fingerprint density at radius 1 is 0.840 bits per heavy atom. The van der Waals surface area contributed by atoms with Crippen LogP contribution in [0.25, 0.3) is 0 Å². The van der Waals surface area contributed by atoms with E-state index in [1.165, 1.54) is 77.0 Å². The summed E-state index contributed by atoms with van der Waals surface area (Å²) in [5.41, 5.74) is 0. The van der Waals surface area contributed by atoms with Crippen molar-refractivity contribution >= 4 is 6.16 Å². The summed E-state index contributed by atoms with van der Waals surface area (Å²) in [5, 5.41) is 3.17. The van der Waals surface area contributed by atoms with Crippen LogP contribution in [0.5, 0.6) is 0 Å². The van der Waals surface area contributed by atoms with Gasteiger partial charge in [0.2, 0.25) is 0 Å². The highest BCUT2D eigenvalue weighted by atomic mass is 16.7. The predicted octanol–water partition coefficient (Wildman–Crippen LogP) is 5.98. The van der Waals surface area contributed by atoms with Gasteiger partial charge >= 0.3 is 6.16 Å². The summed E-state index contributed by atoms with van der Waals surface area (Å²) in [6.45, 7) is 4.46. The molecule has 0 aromatic heterocycles. The van der Waals surface area contributed by atoms with Crippen LogP contribution in [0.4, 0.5) is 4.79 Å². The van der Waals surface area contributed by atoms with Crippen LogP contribution in [0.1, 0.15) is 103 Å². The average Bonchev–Trinajstić information content (AvgIpc) is 3.11. The van der Waals surface area contributed by atoms with Crippen molar-refractivity contribution in [3.05, 3.63) is 0 Å². The molecule has 1 fully saturated rings. The molecule has 1 N–H and O–H groups in total. The highest BCUT2D eigenvalue weighted by molar-refractivity contribution is 5.60. The highest BCUT2D eigenvalue weighted by Gasteiger charge is 2.19. The zero-order valence-electron chi connectivity index (χ0n) is 16.5. The van der Waals surface area contributed by atoms with Gasteiger partial charge < -0.3 is 14.8 Å². The Balaban J connectivity index is 1.71. The van der Waals surface area contributed by atoms with E-state index in [0.29, 0.717) is 6.61 Å². The standard InChI is InChI=1S/C21H41NO3/c1-2-3-4-5-6-7-8-9-10-11-12-13-14-15-18-24-21(23)25-20-16-17-22-19-20/h20,22H,2-19H2,1H3. The van der Waals surface area contributed by atoms with Crippen LogP contribution in [0.3, 0.4) is 0 Å². The van der Waals surface area contributed by atoms with Crippen molar-refractivity contribution in [2.45, 2.75) is 109 Å². The fraction of sp³-hybridized carbons (Fsp3) is 0.952. The molecule has 1 aliphatic rings. The smallest absolute Gasteiger partial charge is 0.434 e. The Labute approximate surface area is 155 Å². The minimum absolute atomic E-state index is 0.00356. The molecule has 1 heterocycles. The van der Waals surface area contributed by atoms with E-state index in [2.05, 4.69) is 12.2 Å². The van der Waals surface area contributed by atoms with Crippen molar-refractivity contribution in [1.82, 2.24) is 5.32 Å². The second-order valence-corrected chi connectivity index (χ2v) is 7.43. The largest absolute Gasteiger partial charge is 0.508 e. The normalized spacial score (nSPS) is 16.9. The maximum atomic E-state index is 11.5. The minimum atomic E-state index is -0.497. The Bertz CT molecular complexity index is 304. The number of hydrogen-bond acceptors (Lipinski definition) is 4. The van der Waals surface area contributed by atoms with Crippen LogP contribution >= 0.6 is 0 Å². The second kappa shape index (κ2) is 16.7. The van der Waals surface area contributed by atoms with E-state index < -0.39 is 6.16 Å². The van der Waals surface area contributed by atoms with Crippen LogP contribution in [-0.4, -0.2) is 32.0 Å². The van der Waals surface area contributed by atoms with Crippen LogP contribution in [-0.2, 0) is 9.47 Å². The zero-order chi connectivity index (χ0) is 18.0. The van der Waals surface area contributed by atoms with Crippen molar-refractivity contribution < 1.29 is 14.3 Å². The number of unbranched alkanes of at least 4 members (excludes halogenated alkanes) is 13. The van der Waals surface area contributed by atoms with Gasteiger partial charge in [0.15, 0.2) is 0 Å². The minimum Gasteiger partial charge on any atom is -0.434 e. The molecule has 0 spiro atoms. The molecule has 25 heavy (non-hydrogen) atoms. The molecular weight excluding hydrogens is 314 g/mol. The van der Waals surface area contributed by atoms with Crippen LogP contribution in [0.15, 0.2) is 0 Å². The molecule has 1 saturated heterocycles. The molecule has 0 amide bonds. The predicted molar refractivity (Wildman–Crippen MR) is 104 cm³/mol. The van der Waals surface area contributed by atoms with Crippen LogP contribution < -0.4 is 5.32 Å². The first-order valence-corrected chi connectivity index (χ1v) is 10.9. The van der Waals surface area contributed by atoms with E-state index in [1.807, 2.05) is 0 Å². The maximum absolute atomic E-state index is 11.5. The van der Waals surface area contributed by atoms with Gasteiger partial charge in [-0.05, 0) is 19.4 Å². The van der Waals surface area contributed by atoms with Gasteiger partial charge in [0, 0.05) is 6.54 Å². The van der Waals surface area contributed by atoms with Gasteiger partial charge in [-0.15, -0.1) is 0 Å². The van der Waals surface area contributed by atoms with Gasteiger partial charge in [0.05, 0.1) is 6.61 Å². The number of ether oxygens (including phenoxy) is 2. The van der Waals surface area contributed by atoms with Gasteiger partial charge in [0.1, 0.15) is 6.10 Å². The summed E-state index contributed by atoms with van der Waals surface area (Å²) in [4.78, 5) is 11.5. The number of carbonyl (C=O) groups excluding carboxylic acids is 1. The Morgan fingerprint density at radius 2 is 1.36 bits per heavy atom. The molecule has 1 rings (SSSR count). The number of carbonyl (C=O) groups is 1. The van der Waals surface area contributed by atoms with Crippen molar-refractivity contribution in [3.8, 4) is 0 Å². The molecule has 148 valence electrons. The summed E-state index contributed by atoms with van der Waals surface area (Å²) in [7, 11) is 0. The van der Waals surface area contributed by atoms with Gasteiger partial charge in [-0.2, -0.15) is 0 Å². The first-order chi connectivity index (χ1) is 12.3. The summed E-state index contributed by atoms with van der Waals surface area (Å²) >= 11 is 0. The van der Waals surface area contributed by atoms with Gasteiger partial charge in [-0.1, -0.05) is 90.4 Å². The lowest BCUT2D eigenvalue weighted by Gasteiger charge is -2.10. The Hall–Kier alpha value is -0.770. The van der Waals surface area contributed by atoms with E-state index >= 15 is 0 Å². The first-order valence-electron chi connectivity index (χ1n) is 10.9. The quantitative estimate of drug-likeness (QED) is 0.273. The third kappa shape index (κ3) is 14.1. The third-order valence-corrected chi connectivity index (χ3v) is 5.00. The summed E-state index contributed by atoms with van der Waals surface area (Å²) in [6.07, 6.45) is 19.1. The van der Waals surface area contributed by atoms with E-state index in [-0.39, 0.29) is 6.10 Å². The fourth-order valence-electron chi connectivity index (χ4n) is 3.35. The molecule has 1 atom stereocenters. The van der Waals surface area contributed by atoms with Gasteiger partial charge in [-0.3, -0.25) is 0 Å². The average molecular weight is 356 g/mol. The Kier molecular flexibility index (Phi) is 14.9. The van der Waals surface area contributed by atoms with Crippen molar-refractivity contribution in [2.75, 3.05) is 19.7 Å².